The van der Waals surface area contributed by atoms with Gasteiger partial charge in [-0.3, -0.25) is 14.4 Å². The summed E-state index contributed by atoms with van der Waals surface area (Å²) in [6.45, 7) is 18.6. The number of carbonyl (C=O) groups is 3. The lowest BCUT2D eigenvalue weighted by Gasteiger charge is -2.28. The van der Waals surface area contributed by atoms with Gasteiger partial charge in [-0.2, -0.15) is 5.26 Å². The molecule has 2 rings (SSSR count). The number of hydrogen-bond acceptors (Lipinski definition) is 11. The third-order valence-electron chi connectivity index (χ3n) is 7.61. The predicted octanol–water partition coefficient (Wildman–Crippen LogP) is 2.54. The number of ether oxygens (including phenoxy) is 3. The van der Waals surface area contributed by atoms with Crippen LogP contribution in [0.4, 0.5) is 0 Å². The third kappa shape index (κ3) is 10.4. The van der Waals surface area contributed by atoms with Gasteiger partial charge in [0, 0.05) is 32.1 Å². The summed E-state index contributed by atoms with van der Waals surface area (Å²) in [7, 11) is -1.25. The van der Waals surface area contributed by atoms with Crippen LogP contribution in [0, 0.1) is 28.1 Å². The van der Waals surface area contributed by atoms with E-state index in [4.69, 9.17) is 19.5 Å². The summed E-state index contributed by atoms with van der Waals surface area (Å²) in [6, 6.07) is 1.94. The average Bonchev–Trinajstić information content (AvgIpc) is 3.38. The van der Waals surface area contributed by atoms with Crippen LogP contribution in [0.5, 0.6) is 0 Å². The molecule has 0 radical (unpaired) electrons. The minimum absolute atomic E-state index is 0.0496. The normalized spacial score (nSPS) is 25.6. The van der Waals surface area contributed by atoms with Crippen molar-refractivity contribution in [2.24, 2.45) is 16.7 Å². The van der Waals surface area contributed by atoms with Gasteiger partial charge in [0.2, 0.25) is 0 Å². The van der Waals surface area contributed by atoms with Crippen LogP contribution in [0.15, 0.2) is 11.6 Å². The first-order chi connectivity index (χ1) is 18.9. The highest BCUT2D eigenvalue weighted by Gasteiger charge is 2.50. The molecule has 13 heteroatoms. The fraction of sp³-hybridized carbons (Fsp3) is 0.786. The molecule has 1 unspecified atom stereocenters. The van der Waals surface area contributed by atoms with Crippen LogP contribution in [0.25, 0.3) is 0 Å². The Hall–Kier alpha value is -2.39. The van der Waals surface area contributed by atoms with E-state index in [1.165, 1.54) is 6.08 Å². The fourth-order valence-electron chi connectivity index (χ4n) is 5.20. The first-order valence-corrected chi connectivity index (χ1v) is 14.4. The summed E-state index contributed by atoms with van der Waals surface area (Å²) in [6.07, 6.45) is 3.08. The minimum atomic E-state index is -0.831. The molecular weight excluding hydrogens is 528 g/mol. The van der Waals surface area contributed by atoms with Gasteiger partial charge in [0.15, 0.2) is 0 Å². The van der Waals surface area contributed by atoms with E-state index in [0.717, 1.165) is 6.42 Å². The van der Waals surface area contributed by atoms with E-state index in [9.17, 15) is 24.4 Å². The molecule has 230 valence electrons. The SMILES string of the molecule is CCOC(=O)C1(C)CN(B(C)O)C/C1=C\C#N.CCOC(=O)[C@@]1(C)CN(B(C)O)C[C@H]1CCCC(=O)OC(C)(C)C. The van der Waals surface area contributed by atoms with Crippen molar-refractivity contribution in [2.75, 3.05) is 39.4 Å². The van der Waals surface area contributed by atoms with Gasteiger partial charge in [0.25, 0.3) is 0 Å². The maximum atomic E-state index is 12.4. The van der Waals surface area contributed by atoms with E-state index in [1.807, 2.05) is 38.6 Å². The van der Waals surface area contributed by atoms with Gasteiger partial charge in [-0.15, -0.1) is 0 Å². The lowest BCUT2D eigenvalue weighted by atomic mass is 9.77. The molecule has 0 spiro atoms. The molecule has 0 aromatic carbocycles. The van der Waals surface area contributed by atoms with Crippen LogP contribution >= 0.6 is 0 Å². The zero-order valence-electron chi connectivity index (χ0n) is 26.4. The number of nitriles is 1. The van der Waals surface area contributed by atoms with Crippen LogP contribution in [0.1, 0.15) is 67.7 Å². The van der Waals surface area contributed by atoms with Crippen molar-refractivity contribution >= 4 is 32.0 Å². The Kier molecular flexibility index (Phi) is 14.1. The number of allylic oxidation sites excluding steroid dienone is 1. The highest BCUT2D eigenvalue weighted by molar-refractivity contribution is 6.45. The van der Waals surface area contributed by atoms with Gasteiger partial charge in [-0.05, 0) is 93.0 Å². The molecule has 0 amide bonds. The van der Waals surface area contributed by atoms with Crippen LogP contribution in [0.3, 0.4) is 0 Å². The third-order valence-corrected chi connectivity index (χ3v) is 7.61. The molecule has 2 saturated heterocycles. The Bertz CT molecular complexity index is 978. The topological polar surface area (TPSA) is 150 Å². The molecule has 2 N–H and O–H groups in total. The molecule has 0 bridgehead atoms. The Balaban J connectivity index is 0.000000435. The van der Waals surface area contributed by atoms with Gasteiger partial charge >= 0.3 is 32.0 Å². The molecular formula is C28H49B2N3O8. The van der Waals surface area contributed by atoms with E-state index < -0.39 is 30.5 Å². The van der Waals surface area contributed by atoms with E-state index in [0.29, 0.717) is 57.8 Å². The molecule has 2 fully saturated rings. The molecule has 0 aromatic heterocycles. The highest BCUT2D eigenvalue weighted by atomic mass is 16.6. The largest absolute Gasteiger partial charge is 0.466 e. The summed E-state index contributed by atoms with van der Waals surface area (Å²) in [5, 5.41) is 28.1. The van der Waals surface area contributed by atoms with Crippen molar-refractivity contribution < 1.29 is 38.6 Å². The molecule has 2 aliphatic heterocycles. The Morgan fingerprint density at radius 3 is 2.10 bits per heavy atom. The number of esters is 3. The first kappa shape index (κ1) is 36.6. The van der Waals surface area contributed by atoms with Crippen molar-refractivity contribution in [1.82, 2.24) is 9.62 Å². The van der Waals surface area contributed by atoms with Crippen LogP contribution in [-0.4, -0.2) is 96.7 Å². The van der Waals surface area contributed by atoms with Crippen molar-refractivity contribution in [3.05, 3.63) is 11.6 Å². The maximum Gasteiger partial charge on any atom is 0.376 e. The number of nitrogens with zero attached hydrogens (tertiary/aromatic N) is 3. The van der Waals surface area contributed by atoms with Gasteiger partial charge in [0.1, 0.15) is 5.60 Å². The quantitative estimate of drug-likeness (QED) is 0.171. The zero-order valence-corrected chi connectivity index (χ0v) is 26.4. The number of rotatable bonds is 10. The Labute approximate surface area is 246 Å². The molecule has 0 saturated carbocycles. The van der Waals surface area contributed by atoms with E-state index in [2.05, 4.69) is 0 Å². The van der Waals surface area contributed by atoms with Gasteiger partial charge in [-0.25, -0.2) is 0 Å². The Morgan fingerprint density at radius 2 is 1.61 bits per heavy atom. The molecule has 2 aliphatic rings. The maximum absolute atomic E-state index is 12.4. The highest BCUT2D eigenvalue weighted by Crippen LogP contribution is 2.40. The standard InChI is InChI=1S/C17H32BNO5.C11H17BN2O3/c1-7-23-15(21)17(5)12-19(18(6)22)11-13(17)9-8-10-14(20)24-16(2,3)4;1-4-17-10(15)11(2)8-14(12(3)16)7-9(11)5-6-13/h13,22H,7-12H2,1-6H3;5,16H,4,7-8H2,1-3H3/b;9-5+/t13-,17+;/m1./s1. The summed E-state index contributed by atoms with van der Waals surface area (Å²) in [4.78, 5) is 39.8. The van der Waals surface area contributed by atoms with Crippen LogP contribution in [-0.2, 0) is 28.6 Å². The first-order valence-electron chi connectivity index (χ1n) is 14.4. The van der Waals surface area contributed by atoms with Crippen LogP contribution < -0.4 is 0 Å². The molecule has 0 aliphatic carbocycles. The lowest BCUT2D eigenvalue weighted by molar-refractivity contribution is -0.156. The second-order valence-corrected chi connectivity index (χ2v) is 12.3. The summed E-state index contributed by atoms with van der Waals surface area (Å²) >= 11 is 0. The minimum Gasteiger partial charge on any atom is -0.466 e. The second-order valence-electron chi connectivity index (χ2n) is 12.3. The van der Waals surface area contributed by atoms with Gasteiger partial charge in [-0.1, -0.05) is 0 Å². The van der Waals surface area contributed by atoms with Crippen molar-refractivity contribution in [2.45, 2.75) is 87.0 Å². The molecule has 41 heavy (non-hydrogen) atoms. The predicted molar refractivity (Wildman–Crippen MR) is 157 cm³/mol. The van der Waals surface area contributed by atoms with Crippen molar-refractivity contribution in [3.8, 4) is 6.07 Å². The zero-order chi connectivity index (χ0) is 31.6. The summed E-state index contributed by atoms with van der Waals surface area (Å²) in [5.41, 5.74) is -1.27. The van der Waals surface area contributed by atoms with E-state index in [-0.39, 0.29) is 23.8 Å². The summed E-state index contributed by atoms with van der Waals surface area (Å²) < 4.78 is 15.6. The Morgan fingerprint density at radius 1 is 1.05 bits per heavy atom. The molecule has 2 heterocycles. The van der Waals surface area contributed by atoms with Crippen LogP contribution in [0.2, 0.25) is 13.6 Å². The van der Waals surface area contributed by atoms with Gasteiger partial charge in [0.05, 0.1) is 30.1 Å². The molecule has 11 nitrogen and oxygen atoms in total. The number of carbonyl (C=O) groups excluding carboxylic acids is 3. The smallest absolute Gasteiger partial charge is 0.376 e. The summed E-state index contributed by atoms with van der Waals surface area (Å²) in [5.74, 6) is -0.737. The van der Waals surface area contributed by atoms with Crippen molar-refractivity contribution in [3.63, 3.8) is 0 Å². The van der Waals surface area contributed by atoms with Gasteiger partial charge < -0.3 is 33.9 Å². The van der Waals surface area contributed by atoms with E-state index in [1.54, 1.807) is 39.2 Å². The fourth-order valence-corrected chi connectivity index (χ4v) is 5.20. The molecule has 0 aromatic rings. The van der Waals surface area contributed by atoms with E-state index >= 15 is 0 Å². The monoisotopic (exact) mass is 577 g/mol. The lowest BCUT2D eigenvalue weighted by Crippen LogP contribution is -2.40. The molecule has 3 atom stereocenters. The average molecular weight is 577 g/mol. The second kappa shape index (κ2) is 15.7. The number of hydrogen-bond donors (Lipinski definition) is 2. The van der Waals surface area contributed by atoms with Crippen molar-refractivity contribution in [1.29, 1.82) is 5.26 Å².